The molecule has 0 spiro atoms. The van der Waals surface area contributed by atoms with Crippen molar-refractivity contribution in [3.05, 3.63) is 44.5 Å². The molecule has 1 N–H and O–H groups in total. The van der Waals surface area contributed by atoms with E-state index >= 15 is 0 Å². The molecule has 1 aromatic carbocycles. The number of aryl methyl sites for hydroxylation is 2. The minimum atomic E-state index is -4.77. The zero-order valence-corrected chi connectivity index (χ0v) is 15.2. The number of rotatable bonds is 8. The Morgan fingerprint density at radius 1 is 1.29 bits per heavy atom. The molecule has 28 heavy (non-hydrogen) atoms. The van der Waals surface area contributed by atoms with Crippen molar-refractivity contribution in [1.29, 1.82) is 0 Å². The van der Waals surface area contributed by atoms with Crippen LogP contribution in [0.15, 0.2) is 17.7 Å². The summed E-state index contributed by atoms with van der Waals surface area (Å²) in [5.74, 6) is -0.837. The highest BCUT2D eigenvalue weighted by molar-refractivity contribution is 6.00. The maximum absolute atomic E-state index is 13.4. The van der Waals surface area contributed by atoms with Gasteiger partial charge in [-0.2, -0.15) is 13.2 Å². The first-order valence-electron chi connectivity index (χ1n) is 8.29. The third kappa shape index (κ3) is 5.59. The molecule has 1 aromatic rings. The van der Waals surface area contributed by atoms with E-state index in [4.69, 9.17) is 9.47 Å². The van der Waals surface area contributed by atoms with Crippen LogP contribution in [0.25, 0.3) is 6.08 Å². The first-order valence-corrected chi connectivity index (χ1v) is 8.29. The van der Waals surface area contributed by atoms with E-state index in [1.807, 2.05) is 0 Å². The fourth-order valence-corrected chi connectivity index (χ4v) is 2.72. The third-order valence-corrected chi connectivity index (χ3v) is 3.79. The van der Waals surface area contributed by atoms with Crippen LogP contribution in [0.1, 0.15) is 16.7 Å². The summed E-state index contributed by atoms with van der Waals surface area (Å²) in [5.41, 5.74) is 1.22. The molecular formula is C17H19F3N2O6. The van der Waals surface area contributed by atoms with Crippen molar-refractivity contribution in [1.82, 2.24) is 5.32 Å². The Kier molecular flexibility index (Phi) is 6.84. The number of carbonyl (C=O) groups is 1. The first kappa shape index (κ1) is 21.5. The standard InChI is InChI=1S/C17H19F3N2O6/c1-10-7-11(2)14-12(8-10)9-13(15(28-14)17(18,19)20)16(23)21-3-4-26-5-6-27-22(24)25/h7-9,15H,3-6H2,1-2H3,(H,21,23). The maximum atomic E-state index is 13.4. The SMILES string of the molecule is Cc1cc(C)c2c(c1)C=C(C(=O)NCCOCCO[N+](=O)[O-])C(C(F)(F)F)O2. The third-order valence-electron chi connectivity index (χ3n) is 3.79. The van der Waals surface area contributed by atoms with Crippen LogP contribution in [0.5, 0.6) is 5.75 Å². The normalized spacial score (nSPS) is 15.9. The van der Waals surface area contributed by atoms with Crippen molar-refractivity contribution in [2.45, 2.75) is 26.1 Å². The molecule has 0 aromatic heterocycles. The molecule has 8 nitrogen and oxygen atoms in total. The molecule has 0 fully saturated rings. The molecular weight excluding hydrogens is 385 g/mol. The van der Waals surface area contributed by atoms with Gasteiger partial charge in [0.15, 0.2) is 0 Å². The van der Waals surface area contributed by atoms with Crippen molar-refractivity contribution >= 4 is 12.0 Å². The van der Waals surface area contributed by atoms with Gasteiger partial charge in [-0.15, -0.1) is 10.1 Å². The van der Waals surface area contributed by atoms with Gasteiger partial charge in [-0.3, -0.25) is 4.79 Å². The lowest BCUT2D eigenvalue weighted by Gasteiger charge is -2.29. The Balaban J connectivity index is 2.04. The lowest BCUT2D eigenvalue weighted by atomic mass is 9.97. The smallest absolute Gasteiger partial charge is 0.429 e. The van der Waals surface area contributed by atoms with Crippen LogP contribution < -0.4 is 10.1 Å². The van der Waals surface area contributed by atoms with Gasteiger partial charge in [-0.25, -0.2) is 0 Å². The van der Waals surface area contributed by atoms with E-state index in [2.05, 4.69) is 10.2 Å². The second-order valence-corrected chi connectivity index (χ2v) is 6.06. The summed E-state index contributed by atoms with van der Waals surface area (Å²) < 4.78 is 50.3. The number of amides is 1. The number of benzene rings is 1. The maximum Gasteiger partial charge on any atom is 0.429 e. The molecule has 0 radical (unpaired) electrons. The summed E-state index contributed by atoms with van der Waals surface area (Å²) in [6.45, 7) is 2.91. The number of carbonyl (C=O) groups excluding carboxylic acids is 1. The molecule has 1 unspecified atom stereocenters. The second kappa shape index (κ2) is 8.91. The summed E-state index contributed by atoms with van der Waals surface area (Å²) >= 11 is 0. The Bertz CT molecular complexity index is 779. The minimum absolute atomic E-state index is 0.0492. The van der Waals surface area contributed by atoms with Crippen LogP contribution in [0, 0.1) is 24.0 Å². The van der Waals surface area contributed by atoms with E-state index in [9.17, 15) is 28.1 Å². The second-order valence-electron chi connectivity index (χ2n) is 6.06. The van der Waals surface area contributed by atoms with Crippen LogP contribution in [0.3, 0.4) is 0 Å². The summed E-state index contributed by atoms with van der Waals surface area (Å²) in [6, 6.07) is 3.34. The van der Waals surface area contributed by atoms with Gasteiger partial charge in [0.05, 0.1) is 18.8 Å². The fourth-order valence-electron chi connectivity index (χ4n) is 2.72. The molecule has 0 aliphatic carbocycles. The van der Waals surface area contributed by atoms with Gasteiger partial charge in [0.2, 0.25) is 6.10 Å². The largest absolute Gasteiger partial charge is 0.475 e. The highest BCUT2D eigenvalue weighted by Gasteiger charge is 2.48. The number of fused-ring (bicyclic) bond motifs is 1. The van der Waals surface area contributed by atoms with E-state index in [1.54, 1.807) is 26.0 Å². The molecule has 1 atom stereocenters. The molecule has 0 saturated carbocycles. The number of hydrogen-bond donors (Lipinski definition) is 1. The van der Waals surface area contributed by atoms with Gasteiger partial charge >= 0.3 is 6.18 Å². The number of halogens is 3. The zero-order chi connectivity index (χ0) is 20.9. The molecule has 1 aliphatic rings. The zero-order valence-electron chi connectivity index (χ0n) is 15.2. The molecule has 0 bridgehead atoms. The highest BCUT2D eigenvalue weighted by Crippen LogP contribution is 2.39. The van der Waals surface area contributed by atoms with Crippen LogP contribution >= 0.6 is 0 Å². The van der Waals surface area contributed by atoms with Crippen molar-refractivity contribution in [3.63, 3.8) is 0 Å². The number of nitrogens with one attached hydrogen (secondary N) is 1. The van der Waals surface area contributed by atoms with Gasteiger partial charge in [0.25, 0.3) is 11.0 Å². The monoisotopic (exact) mass is 404 g/mol. The van der Waals surface area contributed by atoms with Crippen LogP contribution in [0.2, 0.25) is 0 Å². The van der Waals surface area contributed by atoms with E-state index < -0.39 is 28.8 Å². The molecule has 1 heterocycles. The Labute approximate surface area is 158 Å². The number of hydrogen-bond acceptors (Lipinski definition) is 6. The van der Waals surface area contributed by atoms with Crippen molar-refractivity contribution in [2.75, 3.05) is 26.4 Å². The summed E-state index contributed by atoms with van der Waals surface area (Å²) in [7, 11) is 0. The fraction of sp³-hybridized carbons (Fsp3) is 0.471. The molecule has 0 saturated heterocycles. The summed E-state index contributed by atoms with van der Waals surface area (Å²) in [4.78, 5) is 26.3. The number of alkyl halides is 3. The van der Waals surface area contributed by atoms with Crippen molar-refractivity contribution in [3.8, 4) is 5.75 Å². The molecule has 1 amide bonds. The average molecular weight is 404 g/mol. The van der Waals surface area contributed by atoms with Gasteiger partial charge in [0.1, 0.15) is 12.4 Å². The quantitative estimate of drug-likeness (QED) is 0.406. The molecule has 11 heteroatoms. The molecule has 154 valence electrons. The Morgan fingerprint density at radius 3 is 2.64 bits per heavy atom. The van der Waals surface area contributed by atoms with Crippen LogP contribution in [-0.2, 0) is 14.4 Å². The molecule has 1 aliphatic heterocycles. The van der Waals surface area contributed by atoms with Crippen LogP contribution in [-0.4, -0.2) is 49.6 Å². The van der Waals surface area contributed by atoms with Crippen LogP contribution in [0.4, 0.5) is 13.2 Å². The van der Waals surface area contributed by atoms with Crippen molar-refractivity contribution < 1.29 is 37.4 Å². The lowest BCUT2D eigenvalue weighted by Crippen LogP contribution is -2.44. The van der Waals surface area contributed by atoms with Gasteiger partial charge in [0, 0.05) is 12.1 Å². The first-order chi connectivity index (χ1) is 13.1. The number of nitrogens with zero attached hydrogens (tertiary/aromatic N) is 1. The Hall–Kier alpha value is -2.82. The average Bonchev–Trinajstić information content (AvgIpc) is 2.58. The van der Waals surface area contributed by atoms with E-state index in [-0.39, 0.29) is 32.1 Å². The van der Waals surface area contributed by atoms with E-state index in [1.165, 1.54) is 6.08 Å². The predicted octanol–water partition coefficient (Wildman–Crippen LogP) is 2.35. The van der Waals surface area contributed by atoms with E-state index in [0.29, 0.717) is 11.1 Å². The summed E-state index contributed by atoms with van der Waals surface area (Å²) in [5, 5.41) is 11.3. The topological polar surface area (TPSA) is 99.9 Å². The van der Waals surface area contributed by atoms with Gasteiger partial charge < -0.3 is 19.6 Å². The highest BCUT2D eigenvalue weighted by atomic mass is 19.4. The number of ether oxygens (including phenoxy) is 2. The Morgan fingerprint density at radius 2 is 2.00 bits per heavy atom. The van der Waals surface area contributed by atoms with Gasteiger partial charge in [-0.1, -0.05) is 11.6 Å². The summed E-state index contributed by atoms with van der Waals surface area (Å²) in [6.07, 6.45) is -5.97. The van der Waals surface area contributed by atoms with Gasteiger partial charge in [-0.05, 0) is 31.6 Å². The van der Waals surface area contributed by atoms with Crippen molar-refractivity contribution in [2.24, 2.45) is 0 Å². The van der Waals surface area contributed by atoms with E-state index in [0.717, 1.165) is 5.56 Å². The molecule has 2 rings (SSSR count). The minimum Gasteiger partial charge on any atom is -0.475 e. The lowest BCUT2D eigenvalue weighted by molar-refractivity contribution is -0.758. The predicted molar refractivity (Wildman–Crippen MR) is 91.1 cm³/mol.